The van der Waals surface area contributed by atoms with E-state index in [0.29, 0.717) is 0 Å². The quantitative estimate of drug-likeness (QED) is 0.666. The average Bonchev–Trinajstić information content (AvgIpc) is 2.38. The molecule has 0 spiro atoms. The van der Waals surface area contributed by atoms with Gasteiger partial charge < -0.3 is 16.4 Å². The summed E-state index contributed by atoms with van der Waals surface area (Å²) in [7, 11) is 0. The van der Waals surface area contributed by atoms with Gasteiger partial charge in [-0.2, -0.15) is 0 Å². The summed E-state index contributed by atoms with van der Waals surface area (Å²) in [6, 6.07) is 7.47. The third-order valence-electron chi connectivity index (χ3n) is 3.19. The lowest BCUT2D eigenvalue weighted by atomic mass is 10.1. The van der Waals surface area contributed by atoms with E-state index in [9.17, 15) is 4.79 Å². The topological polar surface area (TPSA) is 67.2 Å². The van der Waals surface area contributed by atoms with Crippen molar-refractivity contribution >= 4 is 11.7 Å². The minimum absolute atomic E-state index is 0.0128. The van der Waals surface area contributed by atoms with Gasteiger partial charge in [0.2, 0.25) is 0 Å². The lowest BCUT2D eigenvalue weighted by Gasteiger charge is -2.10. The van der Waals surface area contributed by atoms with Crippen LogP contribution in [0.3, 0.4) is 0 Å². The molecule has 0 heterocycles. The lowest BCUT2D eigenvalue weighted by molar-refractivity contribution is 0.252. The monoisotopic (exact) mass is 277 g/mol. The summed E-state index contributed by atoms with van der Waals surface area (Å²) in [5.74, 6) is 0.729. The van der Waals surface area contributed by atoms with Crippen LogP contribution < -0.4 is 16.4 Å². The standard InChI is InChI=1S/C16H27N3O/c1-12(2)6-4-5-11-18-16(20)19-15-9-7-14(8-10-15)13(3)17/h7-10,12-13H,4-6,11,17H2,1-3H3,(H2,18,19,20). The molecule has 0 aromatic heterocycles. The maximum Gasteiger partial charge on any atom is 0.319 e. The van der Waals surface area contributed by atoms with Crippen LogP contribution in [0.4, 0.5) is 10.5 Å². The van der Waals surface area contributed by atoms with E-state index in [-0.39, 0.29) is 12.1 Å². The minimum atomic E-state index is -0.150. The molecule has 0 fully saturated rings. The maximum absolute atomic E-state index is 11.7. The fourth-order valence-corrected chi connectivity index (χ4v) is 1.92. The van der Waals surface area contributed by atoms with E-state index in [1.54, 1.807) is 0 Å². The second-order valence-electron chi connectivity index (χ2n) is 5.68. The molecular weight excluding hydrogens is 250 g/mol. The van der Waals surface area contributed by atoms with E-state index in [2.05, 4.69) is 24.5 Å². The summed E-state index contributed by atoms with van der Waals surface area (Å²) >= 11 is 0. The number of urea groups is 1. The molecule has 0 bridgehead atoms. The average molecular weight is 277 g/mol. The summed E-state index contributed by atoms with van der Waals surface area (Å²) in [5, 5.41) is 5.68. The van der Waals surface area contributed by atoms with Crippen LogP contribution in [0, 0.1) is 5.92 Å². The summed E-state index contributed by atoms with van der Waals surface area (Å²) in [5.41, 5.74) is 7.63. The Morgan fingerprint density at radius 1 is 1.15 bits per heavy atom. The number of carbonyl (C=O) groups excluding carboxylic acids is 1. The molecule has 4 nitrogen and oxygen atoms in total. The van der Waals surface area contributed by atoms with Crippen molar-refractivity contribution in [2.24, 2.45) is 11.7 Å². The molecule has 0 aliphatic carbocycles. The molecular formula is C16H27N3O. The smallest absolute Gasteiger partial charge is 0.319 e. The predicted molar refractivity (Wildman–Crippen MR) is 84.8 cm³/mol. The van der Waals surface area contributed by atoms with Crippen molar-refractivity contribution in [1.29, 1.82) is 0 Å². The molecule has 112 valence electrons. The number of hydrogen-bond acceptors (Lipinski definition) is 2. The van der Waals surface area contributed by atoms with E-state index >= 15 is 0 Å². The predicted octanol–water partition coefficient (Wildman–Crippen LogP) is 3.65. The highest BCUT2D eigenvalue weighted by Crippen LogP contribution is 2.14. The van der Waals surface area contributed by atoms with Crippen molar-refractivity contribution in [1.82, 2.24) is 5.32 Å². The van der Waals surface area contributed by atoms with Crippen molar-refractivity contribution in [3.8, 4) is 0 Å². The first-order valence-electron chi connectivity index (χ1n) is 7.39. The van der Waals surface area contributed by atoms with E-state index in [4.69, 9.17) is 5.73 Å². The number of hydrogen-bond donors (Lipinski definition) is 3. The number of benzene rings is 1. The molecule has 1 aromatic rings. The number of nitrogens with one attached hydrogen (secondary N) is 2. The van der Waals surface area contributed by atoms with E-state index < -0.39 is 0 Å². The zero-order valence-corrected chi connectivity index (χ0v) is 12.8. The van der Waals surface area contributed by atoms with Crippen molar-refractivity contribution in [3.05, 3.63) is 29.8 Å². The molecule has 4 N–H and O–H groups in total. The number of rotatable bonds is 7. The fraction of sp³-hybridized carbons (Fsp3) is 0.562. The molecule has 0 radical (unpaired) electrons. The number of anilines is 1. The summed E-state index contributed by atoms with van der Waals surface area (Å²) in [4.78, 5) is 11.7. The van der Waals surface area contributed by atoms with Gasteiger partial charge in [0.1, 0.15) is 0 Å². The highest BCUT2D eigenvalue weighted by Gasteiger charge is 2.03. The van der Waals surface area contributed by atoms with Gasteiger partial charge in [0.25, 0.3) is 0 Å². The van der Waals surface area contributed by atoms with Crippen molar-refractivity contribution < 1.29 is 4.79 Å². The van der Waals surface area contributed by atoms with Gasteiger partial charge in [0, 0.05) is 18.3 Å². The van der Waals surface area contributed by atoms with Gasteiger partial charge in [-0.3, -0.25) is 0 Å². The van der Waals surface area contributed by atoms with Crippen LogP contribution in [0.2, 0.25) is 0 Å². The van der Waals surface area contributed by atoms with Crippen LogP contribution in [0.1, 0.15) is 51.6 Å². The second kappa shape index (κ2) is 8.59. The molecule has 20 heavy (non-hydrogen) atoms. The van der Waals surface area contributed by atoms with Crippen LogP contribution in [-0.2, 0) is 0 Å². The Morgan fingerprint density at radius 2 is 1.80 bits per heavy atom. The molecule has 1 rings (SSSR count). The largest absolute Gasteiger partial charge is 0.338 e. The first-order valence-corrected chi connectivity index (χ1v) is 7.39. The Kier molecular flexibility index (Phi) is 7.09. The third kappa shape index (κ3) is 6.57. The van der Waals surface area contributed by atoms with E-state index in [1.807, 2.05) is 31.2 Å². The maximum atomic E-state index is 11.7. The molecule has 0 saturated heterocycles. The Morgan fingerprint density at radius 3 is 2.35 bits per heavy atom. The van der Waals surface area contributed by atoms with E-state index in [0.717, 1.165) is 36.6 Å². The fourth-order valence-electron chi connectivity index (χ4n) is 1.92. The number of nitrogens with two attached hydrogens (primary N) is 1. The van der Waals surface area contributed by atoms with Crippen LogP contribution in [0.15, 0.2) is 24.3 Å². The lowest BCUT2D eigenvalue weighted by Crippen LogP contribution is -2.29. The molecule has 1 aromatic carbocycles. The Bertz CT molecular complexity index is 399. The number of carbonyl (C=O) groups is 1. The van der Waals surface area contributed by atoms with Crippen molar-refractivity contribution in [2.45, 2.75) is 46.1 Å². The number of amides is 2. The Balaban J connectivity index is 2.25. The van der Waals surface area contributed by atoms with Gasteiger partial charge in [-0.15, -0.1) is 0 Å². The molecule has 0 saturated carbocycles. The van der Waals surface area contributed by atoms with Crippen molar-refractivity contribution in [3.63, 3.8) is 0 Å². The van der Waals surface area contributed by atoms with Crippen molar-refractivity contribution in [2.75, 3.05) is 11.9 Å². The highest BCUT2D eigenvalue weighted by atomic mass is 16.2. The van der Waals surface area contributed by atoms with Gasteiger partial charge in [-0.25, -0.2) is 4.79 Å². The molecule has 0 aliphatic rings. The Labute approximate surface area is 122 Å². The van der Waals surface area contributed by atoms with Crippen LogP contribution >= 0.6 is 0 Å². The van der Waals surface area contributed by atoms with Crippen LogP contribution in [0.5, 0.6) is 0 Å². The first kappa shape index (κ1) is 16.5. The second-order valence-corrected chi connectivity index (χ2v) is 5.68. The molecule has 2 amide bonds. The van der Waals surface area contributed by atoms with Gasteiger partial charge in [0.05, 0.1) is 0 Å². The van der Waals surface area contributed by atoms with Gasteiger partial charge in [-0.05, 0) is 37.0 Å². The van der Waals surface area contributed by atoms with E-state index in [1.165, 1.54) is 6.42 Å². The third-order valence-corrected chi connectivity index (χ3v) is 3.19. The van der Waals surface area contributed by atoms with Gasteiger partial charge in [-0.1, -0.05) is 38.8 Å². The summed E-state index contributed by atoms with van der Waals surface area (Å²) in [6.45, 7) is 7.08. The molecule has 1 atom stereocenters. The number of unbranched alkanes of at least 4 members (excludes halogenated alkanes) is 1. The SMILES string of the molecule is CC(C)CCCCNC(=O)Nc1ccc(C(C)N)cc1. The first-order chi connectivity index (χ1) is 9.49. The van der Waals surface area contributed by atoms with Gasteiger partial charge in [0.15, 0.2) is 0 Å². The normalized spacial score (nSPS) is 12.2. The summed E-state index contributed by atoms with van der Waals surface area (Å²) < 4.78 is 0. The van der Waals surface area contributed by atoms with Crippen LogP contribution in [0.25, 0.3) is 0 Å². The zero-order valence-electron chi connectivity index (χ0n) is 12.8. The minimum Gasteiger partial charge on any atom is -0.338 e. The molecule has 4 heteroatoms. The summed E-state index contributed by atoms with van der Waals surface area (Å²) in [6.07, 6.45) is 3.39. The molecule has 0 aliphatic heterocycles. The van der Waals surface area contributed by atoms with Crippen LogP contribution in [-0.4, -0.2) is 12.6 Å². The Hall–Kier alpha value is -1.55. The molecule has 1 unspecified atom stereocenters. The highest BCUT2D eigenvalue weighted by molar-refractivity contribution is 5.89. The van der Waals surface area contributed by atoms with Gasteiger partial charge >= 0.3 is 6.03 Å². The zero-order chi connectivity index (χ0) is 15.0.